The first-order valence-electron chi connectivity index (χ1n) is 5.04. The molecule has 6 nitrogen and oxygen atoms in total. The second-order valence-corrected chi connectivity index (χ2v) is 3.21. The molecule has 0 spiro atoms. The molecule has 0 aromatic heterocycles. The molecule has 82 valence electrons. The van der Waals surface area contributed by atoms with Gasteiger partial charge in [-0.25, -0.2) is 9.46 Å². The fraction of sp³-hybridized carbons (Fsp3) is 0.667. The van der Waals surface area contributed by atoms with Crippen molar-refractivity contribution in [2.24, 2.45) is 10.3 Å². The van der Waals surface area contributed by atoms with Crippen molar-refractivity contribution in [2.45, 2.75) is 19.8 Å². The van der Waals surface area contributed by atoms with Gasteiger partial charge in [0, 0.05) is 0 Å². The molecule has 0 atom stereocenters. The number of urea groups is 1. The summed E-state index contributed by atoms with van der Waals surface area (Å²) in [6.07, 6.45) is 3.15. The monoisotopic (exact) mass is 210 g/mol. The molecular weight excluding hydrogens is 194 g/mol. The van der Waals surface area contributed by atoms with Gasteiger partial charge in [0.15, 0.2) is 6.72 Å². The minimum atomic E-state index is -0.187. The smallest absolute Gasteiger partial charge is 0.227 e. The van der Waals surface area contributed by atoms with E-state index >= 15 is 0 Å². The summed E-state index contributed by atoms with van der Waals surface area (Å²) >= 11 is 0. The predicted molar refractivity (Wildman–Crippen MR) is 58.8 cm³/mol. The summed E-state index contributed by atoms with van der Waals surface area (Å²) in [5.41, 5.74) is 0. The van der Waals surface area contributed by atoms with Crippen LogP contribution < -0.4 is 4.67 Å². The zero-order valence-electron chi connectivity index (χ0n) is 8.96. The number of carbonyl (C=O) groups excluding carboxylic acids is 1. The van der Waals surface area contributed by atoms with Crippen LogP contribution >= 0.6 is 0 Å². The van der Waals surface area contributed by atoms with Gasteiger partial charge < -0.3 is 0 Å². The average molecular weight is 210 g/mol. The highest BCUT2D eigenvalue weighted by Gasteiger charge is 2.26. The van der Waals surface area contributed by atoms with Gasteiger partial charge in [-0.2, -0.15) is 15.0 Å². The van der Waals surface area contributed by atoms with E-state index in [-0.39, 0.29) is 6.03 Å². The van der Waals surface area contributed by atoms with Crippen molar-refractivity contribution in [1.82, 2.24) is 14.6 Å². The van der Waals surface area contributed by atoms with Gasteiger partial charge in [0.05, 0.1) is 19.6 Å². The molecule has 1 aliphatic heterocycles. The van der Waals surface area contributed by atoms with Gasteiger partial charge in [0.1, 0.15) is 0 Å². The molecular formula is C9H16N5O+. The lowest BCUT2D eigenvalue weighted by molar-refractivity contribution is 0.167. The molecule has 0 fully saturated rings. The molecule has 1 heterocycles. The Morgan fingerprint density at radius 3 is 3.07 bits per heavy atom. The normalized spacial score (nSPS) is 14.6. The molecule has 2 amide bonds. The van der Waals surface area contributed by atoms with Crippen LogP contribution in [0.2, 0.25) is 0 Å². The second-order valence-electron chi connectivity index (χ2n) is 3.21. The molecule has 15 heavy (non-hydrogen) atoms. The Morgan fingerprint density at radius 2 is 2.53 bits per heavy atom. The summed E-state index contributed by atoms with van der Waals surface area (Å²) < 4.78 is 3.60. The highest BCUT2D eigenvalue weighted by molar-refractivity contribution is 5.86. The number of amides is 2. The van der Waals surface area contributed by atoms with Crippen LogP contribution in [0.1, 0.15) is 19.8 Å². The molecule has 0 aromatic rings. The van der Waals surface area contributed by atoms with E-state index in [2.05, 4.69) is 21.7 Å². The minimum absolute atomic E-state index is 0.187. The first-order valence-corrected chi connectivity index (χ1v) is 5.04. The molecule has 0 aliphatic carbocycles. The first kappa shape index (κ1) is 11.4. The van der Waals surface area contributed by atoms with Crippen molar-refractivity contribution < 1.29 is 4.79 Å². The molecule has 1 rings (SSSR count). The summed E-state index contributed by atoms with van der Waals surface area (Å²) in [6.45, 7) is 7.26. The Morgan fingerprint density at radius 1 is 1.73 bits per heavy atom. The topological polar surface area (TPSA) is 62.4 Å². The summed E-state index contributed by atoms with van der Waals surface area (Å²) in [5, 5.41) is 8.99. The number of hydrogen-bond donors (Lipinski definition) is 0. The van der Waals surface area contributed by atoms with E-state index in [0.29, 0.717) is 19.6 Å². The maximum atomic E-state index is 11.9. The van der Waals surface area contributed by atoms with E-state index in [4.69, 9.17) is 0 Å². The van der Waals surface area contributed by atoms with Crippen LogP contribution in [0.25, 0.3) is 0 Å². The van der Waals surface area contributed by atoms with Crippen molar-refractivity contribution >= 4 is 19.1 Å². The van der Waals surface area contributed by atoms with E-state index in [1.54, 1.807) is 0 Å². The van der Waals surface area contributed by atoms with E-state index < -0.39 is 0 Å². The van der Waals surface area contributed by atoms with Gasteiger partial charge in [-0.05, 0) is 12.8 Å². The maximum Gasteiger partial charge on any atom is 0.433 e. The quantitative estimate of drug-likeness (QED) is 0.384. The largest absolute Gasteiger partial charge is 0.433 e. The van der Waals surface area contributed by atoms with Crippen molar-refractivity contribution in [3.63, 3.8) is 0 Å². The molecule has 0 saturated carbocycles. The van der Waals surface area contributed by atoms with E-state index in [9.17, 15) is 4.79 Å². The van der Waals surface area contributed by atoms with Crippen LogP contribution in [-0.4, -0.2) is 48.6 Å². The van der Waals surface area contributed by atoms with Crippen LogP contribution in [0.15, 0.2) is 10.3 Å². The molecule has 0 radical (unpaired) electrons. The molecule has 0 unspecified atom stereocenters. The first-order chi connectivity index (χ1) is 7.29. The van der Waals surface area contributed by atoms with Crippen LogP contribution in [0.5, 0.6) is 0 Å². The van der Waals surface area contributed by atoms with Gasteiger partial charge in [0.25, 0.3) is 0 Å². The minimum Gasteiger partial charge on any atom is -0.227 e. The molecule has 0 aromatic carbocycles. The SMILES string of the molecule is C=[N+]=CN(CCC)C(=O)N1CCCN=N1. The van der Waals surface area contributed by atoms with Crippen molar-refractivity contribution in [2.75, 3.05) is 19.6 Å². The van der Waals surface area contributed by atoms with E-state index in [0.717, 1.165) is 12.8 Å². The van der Waals surface area contributed by atoms with Gasteiger partial charge in [0.2, 0.25) is 0 Å². The van der Waals surface area contributed by atoms with E-state index in [1.807, 2.05) is 6.92 Å². The summed E-state index contributed by atoms with van der Waals surface area (Å²) in [5.74, 6) is 0. The third kappa shape index (κ3) is 3.18. The fourth-order valence-corrected chi connectivity index (χ4v) is 1.28. The Kier molecular flexibility index (Phi) is 4.50. The number of hydrogen-bond acceptors (Lipinski definition) is 3. The Bertz CT molecular complexity index is 295. The number of nitrogens with zero attached hydrogens (tertiary/aromatic N) is 5. The zero-order chi connectivity index (χ0) is 11.1. The van der Waals surface area contributed by atoms with Crippen molar-refractivity contribution in [3.05, 3.63) is 0 Å². The number of carbonyl (C=O) groups is 1. The van der Waals surface area contributed by atoms with Crippen LogP contribution in [0.3, 0.4) is 0 Å². The van der Waals surface area contributed by atoms with Crippen molar-refractivity contribution in [1.29, 1.82) is 0 Å². The van der Waals surface area contributed by atoms with Gasteiger partial charge in [-0.15, -0.1) is 0 Å². The molecule has 0 saturated heterocycles. The molecule has 0 bridgehead atoms. The summed E-state index contributed by atoms with van der Waals surface area (Å²) in [4.78, 5) is 13.4. The summed E-state index contributed by atoms with van der Waals surface area (Å²) in [7, 11) is 0. The van der Waals surface area contributed by atoms with Crippen LogP contribution in [-0.2, 0) is 0 Å². The average Bonchev–Trinajstić information content (AvgIpc) is 2.29. The Labute approximate surface area is 89.0 Å². The predicted octanol–water partition coefficient (Wildman–Crippen LogP) is 0.687. The maximum absolute atomic E-state index is 11.9. The summed E-state index contributed by atoms with van der Waals surface area (Å²) in [6, 6.07) is -0.187. The Hall–Kier alpha value is -1.68. The highest BCUT2D eigenvalue weighted by Crippen LogP contribution is 2.05. The van der Waals surface area contributed by atoms with Crippen LogP contribution in [0.4, 0.5) is 4.79 Å². The second kappa shape index (κ2) is 5.93. The van der Waals surface area contributed by atoms with Crippen molar-refractivity contribution in [3.8, 4) is 0 Å². The highest BCUT2D eigenvalue weighted by atomic mass is 16.2. The lowest BCUT2D eigenvalue weighted by Crippen LogP contribution is -2.42. The fourth-order valence-electron chi connectivity index (χ4n) is 1.28. The van der Waals surface area contributed by atoms with Crippen LogP contribution in [0, 0.1) is 0 Å². The lowest BCUT2D eigenvalue weighted by Gasteiger charge is -2.19. The Balaban J connectivity index is 2.65. The third-order valence-corrected chi connectivity index (χ3v) is 1.95. The van der Waals surface area contributed by atoms with Gasteiger partial charge in [-0.3, -0.25) is 0 Å². The molecule has 1 aliphatic rings. The zero-order valence-corrected chi connectivity index (χ0v) is 8.96. The third-order valence-electron chi connectivity index (χ3n) is 1.95. The van der Waals surface area contributed by atoms with E-state index in [1.165, 1.54) is 16.2 Å². The standard InChI is InChI=1S/C9H16N5O/c1-3-6-13(8-10-2)9(15)14-7-4-5-11-12-14/h8H,2-7H2,1H3/q+1. The lowest BCUT2D eigenvalue weighted by atomic mass is 10.4. The molecule has 6 heteroatoms. The van der Waals surface area contributed by atoms with Gasteiger partial charge in [-0.1, -0.05) is 12.1 Å². The molecule has 0 N–H and O–H groups in total. The van der Waals surface area contributed by atoms with Gasteiger partial charge >= 0.3 is 12.4 Å². The number of rotatable bonds is 3.